The highest BCUT2D eigenvalue weighted by Gasteiger charge is 1.96. The topological polar surface area (TPSA) is 29.5 Å². The third-order valence-electron chi connectivity index (χ3n) is 0.236. The van der Waals surface area contributed by atoms with Gasteiger partial charge in [-0.2, -0.15) is 0 Å². The summed E-state index contributed by atoms with van der Waals surface area (Å²) in [6.45, 7) is 0. The summed E-state index contributed by atoms with van der Waals surface area (Å²) in [7, 11) is 0. The summed E-state index contributed by atoms with van der Waals surface area (Å²) < 4.78 is 0. The number of rotatable bonds is 2. The van der Waals surface area contributed by atoms with Crippen LogP contribution in [-0.2, 0) is 4.89 Å². The third kappa shape index (κ3) is 2.72. The maximum absolute atomic E-state index is 7.62. The van der Waals surface area contributed by atoms with Crippen LogP contribution in [0.1, 0.15) is 0 Å². The SMILES string of the molecule is OOC(Cl)CCl. The molecule has 2 nitrogen and oxygen atoms in total. The van der Waals surface area contributed by atoms with Crippen LogP contribution in [-0.4, -0.2) is 16.7 Å². The van der Waals surface area contributed by atoms with Gasteiger partial charge in [0, 0.05) is 0 Å². The predicted molar refractivity (Wildman–Crippen MR) is 24.1 cm³/mol. The van der Waals surface area contributed by atoms with Gasteiger partial charge in [-0.05, 0) is 0 Å². The maximum atomic E-state index is 7.62. The van der Waals surface area contributed by atoms with Crippen LogP contribution in [0.2, 0.25) is 0 Å². The van der Waals surface area contributed by atoms with Gasteiger partial charge in [0.1, 0.15) is 0 Å². The van der Waals surface area contributed by atoms with E-state index in [-0.39, 0.29) is 5.88 Å². The molecule has 1 N–H and O–H groups in total. The van der Waals surface area contributed by atoms with E-state index >= 15 is 0 Å². The molecule has 0 saturated heterocycles. The molecular weight excluding hydrogens is 127 g/mol. The first-order valence-corrected chi connectivity index (χ1v) is 2.28. The Morgan fingerprint density at radius 1 is 1.83 bits per heavy atom. The largest absolute Gasteiger partial charge is 0.250 e. The molecule has 0 spiro atoms. The van der Waals surface area contributed by atoms with Crippen molar-refractivity contribution in [3.8, 4) is 0 Å². The second kappa shape index (κ2) is 3.68. The number of hydrogen-bond acceptors (Lipinski definition) is 2. The van der Waals surface area contributed by atoms with Gasteiger partial charge in [-0.25, -0.2) is 4.89 Å². The van der Waals surface area contributed by atoms with Crippen molar-refractivity contribution in [3.63, 3.8) is 0 Å². The van der Waals surface area contributed by atoms with Crippen LogP contribution < -0.4 is 0 Å². The van der Waals surface area contributed by atoms with Crippen molar-refractivity contribution in [3.05, 3.63) is 0 Å². The molecule has 0 heterocycles. The van der Waals surface area contributed by atoms with Crippen molar-refractivity contribution in [2.45, 2.75) is 5.56 Å². The van der Waals surface area contributed by atoms with E-state index in [2.05, 4.69) is 4.89 Å². The van der Waals surface area contributed by atoms with Crippen LogP contribution in [0.5, 0.6) is 0 Å². The average Bonchev–Trinajstić information content (AvgIpc) is 1.65. The molecule has 0 aromatic rings. The summed E-state index contributed by atoms with van der Waals surface area (Å²) >= 11 is 10.1. The third-order valence-corrected chi connectivity index (χ3v) is 0.908. The minimum atomic E-state index is -0.772. The Bertz CT molecular complexity index is 28.7. The quantitative estimate of drug-likeness (QED) is 0.347. The summed E-state index contributed by atoms with van der Waals surface area (Å²) in [5.74, 6) is 0.0953. The second-order valence-electron chi connectivity index (χ2n) is 0.670. The first-order valence-electron chi connectivity index (χ1n) is 1.31. The lowest BCUT2D eigenvalue weighted by Crippen LogP contribution is -2.01. The van der Waals surface area contributed by atoms with Crippen LogP contribution in [0, 0.1) is 0 Å². The van der Waals surface area contributed by atoms with E-state index in [1.807, 2.05) is 0 Å². The molecule has 0 aliphatic carbocycles. The van der Waals surface area contributed by atoms with Gasteiger partial charge in [-0.15, -0.1) is 11.6 Å². The predicted octanol–water partition coefficient (Wildman–Crippen LogP) is 1.28. The summed E-state index contributed by atoms with van der Waals surface area (Å²) in [4.78, 5) is 3.53. The Hall–Kier alpha value is 0.500. The molecule has 0 aromatic heterocycles. The average molecular weight is 131 g/mol. The van der Waals surface area contributed by atoms with Crippen LogP contribution >= 0.6 is 23.2 Å². The zero-order valence-electron chi connectivity index (χ0n) is 2.90. The van der Waals surface area contributed by atoms with Crippen LogP contribution in [0.25, 0.3) is 0 Å². The van der Waals surface area contributed by atoms with E-state index in [9.17, 15) is 0 Å². The maximum Gasteiger partial charge on any atom is 0.179 e. The van der Waals surface area contributed by atoms with Crippen molar-refractivity contribution >= 4 is 23.2 Å². The molecule has 38 valence electrons. The second-order valence-corrected chi connectivity index (χ2v) is 1.47. The number of hydrogen-bond donors (Lipinski definition) is 1. The van der Waals surface area contributed by atoms with E-state index in [1.54, 1.807) is 0 Å². The normalized spacial score (nSPS) is 14.5. The molecule has 1 unspecified atom stereocenters. The lowest BCUT2D eigenvalue weighted by Gasteiger charge is -1.94. The van der Waals surface area contributed by atoms with Crippen molar-refractivity contribution in [1.82, 2.24) is 0 Å². The Labute approximate surface area is 45.5 Å². The highest BCUT2D eigenvalue weighted by molar-refractivity contribution is 6.27. The molecule has 0 aliphatic heterocycles. The molecule has 0 radical (unpaired) electrons. The Morgan fingerprint density at radius 2 is 2.33 bits per heavy atom. The monoisotopic (exact) mass is 130 g/mol. The van der Waals surface area contributed by atoms with Gasteiger partial charge in [0.25, 0.3) is 0 Å². The molecule has 0 fully saturated rings. The fourth-order valence-electron chi connectivity index (χ4n) is 0.0282. The first-order chi connectivity index (χ1) is 2.81. The number of alkyl halides is 2. The van der Waals surface area contributed by atoms with E-state index in [0.717, 1.165) is 0 Å². The van der Waals surface area contributed by atoms with Crippen molar-refractivity contribution < 1.29 is 10.1 Å². The van der Waals surface area contributed by atoms with Crippen molar-refractivity contribution in [2.75, 3.05) is 5.88 Å². The van der Waals surface area contributed by atoms with E-state index < -0.39 is 5.56 Å². The molecule has 6 heavy (non-hydrogen) atoms. The molecule has 0 rings (SSSR count). The highest BCUT2D eigenvalue weighted by atomic mass is 35.5. The number of halogens is 2. The Balaban J connectivity index is 2.75. The summed E-state index contributed by atoms with van der Waals surface area (Å²) in [6, 6.07) is 0. The van der Waals surface area contributed by atoms with Gasteiger partial charge in [-0.1, -0.05) is 11.6 Å². The minimum Gasteiger partial charge on any atom is -0.250 e. The molecule has 0 aliphatic rings. The fraction of sp³-hybridized carbons (Fsp3) is 1.00. The molecule has 0 aromatic carbocycles. The molecule has 0 amide bonds. The van der Waals surface area contributed by atoms with Gasteiger partial charge < -0.3 is 0 Å². The van der Waals surface area contributed by atoms with Gasteiger partial charge in [0.15, 0.2) is 5.56 Å². The first kappa shape index (κ1) is 6.50. The summed E-state index contributed by atoms with van der Waals surface area (Å²) in [5.41, 5.74) is -0.772. The molecule has 0 bridgehead atoms. The summed E-state index contributed by atoms with van der Waals surface area (Å²) in [5, 5.41) is 7.62. The molecule has 0 saturated carbocycles. The lowest BCUT2D eigenvalue weighted by molar-refractivity contribution is -0.251. The summed E-state index contributed by atoms with van der Waals surface area (Å²) in [6.07, 6.45) is 0. The zero-order chi connectivity index (χ0) is 4.99. The standard InChI is InChI=1S/C2H4Cl2O2/c3-1-2(4)6-5/h2,5H,1H2. The lowest BCUT2D eigenvalue weighted by atomic mass is 10.9. The molecule has 1 atom stereocenters. The van der Waals surface area contributed by atoms with Crippen molar-refractivity contribution in [1.29, 1.82) is 0 Å². The smallest absolute Gasteiger partial charge is 0.179 e. The van der Waals surface area contributed by atoms with Crippen molar-refractivity contribution in [2.24, 2.45) is 0 Å². The van der Waals surface area contributed by atoms with E-state index in [0.29, 0.717) is 0 Å². The van der Waals surface area contributed by atoms with E-state index in [1.165, 1.54) is 0 Å². The van der Waals surface area contributed by atoms with Crippen LogP contribution in [0.15, 0.2) is 0 Å². The Morgan fingerprint density at radius 3 is 2.33 bits per heavy atom. The Kier molecular flexibility index (Phi) is 3.99. The van der Waals surface area contributed by atoms with Crippen LogP contribution in [0.3, 0.4) is 0 Å². The molecule has 4 heteroatoms. The molecular formula is C2H4Cl2O2. The minimum absolute atomic E-state index is 0.0953. The van der Waals surface area contributed by atoms with Crippen LogP contribution in [0.4, 0.5) is 0 Å². The highest BCUT2D eigenvalue weighted by Crippen LogP contribution is 1.96. The van der Waals surface area contributed by atoms with Gasteiger partial charge in [0.2, 0.25) is 0 Å². The van der Waals surface area contributed by atoms with Gasteiger partial charge in [0.05, 0.1) is 5.88 Å². The van der Waals surface area contributed by atoms with E-state index in [4.69, 9.17) is 28.5 Å². The fourth-order valence-corrected chi connectivity index (χ4v) is 0.0845. The van der Waals surface area contributed by atoms with Gasteiger partial charge in [-0.3, -0.25) is 5.26 Å². The van der Waals surface area contributed by atoms with Gasteiger partial charge >= 0.3 is 0 Å². The zero-order valence-corrected chi connectivity index (χ0v) is 4.41.